The van der Waals surface area contributed by atoms with Crippen molar-refractivity contribution in [2.45, 2.75) is 0 Å². The molecule has 0 radical (unpaired) electrons. The van der Waals surface area contributed by atoms with E-state index in [1.165, 1.54) is 0 Å². The second-order valence-electron chi connectivity index (χ2n) is 0.0630. The molecular formula is MnO2U. The van der Waals surface area contributed by atoms with Gasteiger partial charge in [-0.2, -0.15) is 0 Å². The Labute approximate surface area is 53.3 Å². The van der Waals surface area contributed by atoms with Gasteiger partial charge in [0.1, 0.15) is 0 Å². The predicted octanol–water partition coefficient (Wildman–Crippen LogP) is -0.240. The molecule has 4 heteroatoms. The van der Waals surface area contributed by atoms with E-state index in [2.05, 4.69) is 0 Å². The summed E-state index contributed by atoms with van der Waals surface area (Å²) in [6.45, 7) is 0. The van der Waals surface area contributed by atoms with Gasteiger partial charge in [0.15, 0.2) is 0 Å². The molecule has 0 aromatic rings. The molecule has 0 N–H and O–H groups in total. The molecule has 0 saturated heterocycles. The van der Waals surface area contributed by atoms with E-state index in [1.54, 1.807) is 0 Å². The molecule has 4 heavy (non-hydrogen) atoms. The zero-order valence-electron chi connectivity index (χ0n) is 1.69. The first-order valence-electron chi connectivity index (χ1n) is 0.309. The Bertz CT molecular complexity index is 27.0. The van der Waals surface area contributed by atoms with Gasteiger partial charge in [-0.1, -0.05) is 0 Å². The van der Waals surface area contributed by atoms with Gasteiger partial charge >= 0.3 is 22.5 Å². The maximum atomic E-state index is 8.41. The van der Waals surface area contributed by atoms with Crippen molar-refractivity contribution in [2.24, 2.45) is 0 Å². The average Bonchev–Trinajstić information content (AvgIpc) is 0.918. The third-order valence-electron chi connectivity index (χ3n) is 0. The molecular weight excluding hydrogens is 325 g/mol. The van der Waals surface area contributed by atoms with Gasteiger partial charge < -0.3 is 0 Å². The van der Waals surface area contributed by atoms with Crippen LogP contribution in [0.2, 0.25) is 0 Å². The average molecular weight is 325 g/mol. The van der Waals surface area contributed by atoms with Crippen molar-refractivity contribution < 1.29 is 53.6 Å². The van der Waals surface area contributed by atoms with Crippen molar-refractivity contribution in [1.29, 1.82) is 0 Å². The van der Waals surface area contributed by atoms with E-state index in [0.717, 1.165) is 0 Å². The fourth-order valence-corrected chi connectivity index (χ4v) is 0. The van der Waals surface area contributed by atoms with Crippen molar-refractivity contribution in [3.05, 3.63) is 0 Å². The second kappa shape index (κ2) is 8.90. The summed E-state index contributed by atoms with van der Waals surface area (Å²) in [5, 5.41) is 0. The molecule has 0 saturated carbocycles. The van der Waals surface area contributed by atoms with Crippen LogP contribution in [-0.4, -0.2) is 0 Å². The molecule has 0 aliphatic heterocycles. The third-order valence-corrected chi connectivity index (χ3v) is 0. The smallest absolute Gasteiger partial charge is 0 e. The van der Waals surface area contributed by atoms with E-state index in [9.17, 15) is 0 Å². The molecule has 0 bridgehead atoms. The van der Waals surface area contributed by atoms with Crippen LogP contribution in [0, 0.1) is 31.1 Å². The van der Waals surface area contributed by atoms with Gasteiger partial charge in [0.05, 0.1) is 0 Å². The fraction of sp³-hybridized carbons (Fsp3) is 0. The molecule has 0 fully saturated rings. The Balaban J connectivity index is 0. The first-order valence-corrected chi connectivity index (χ1v) is 1.27. The normalized spacial score (nSPS) is 3.00. The van der Waals surface area contributed by atoms with Crippen LogP contribution >= 0.6 is 0 Å². The first kappa shape index (κ1) is 8.95. The summed E-state index contributed by atoms with van der Waals surface area (Å²) >= 11 is -1.44. The summed E-state index contributed by atoms with van der Waals surface area (Å²) in [6, 6.07) is 0. The van der Waals surface area contributed by atoms with Crippen LogP contribution in [0.4, 0.5) is 0 Å². The van der Waals surface area contributed by atoms with Gasteiger partial charge in [-0.05, 0) is 0 Å². The van der Waals surface area contributed by atoms with Crippen LogP contribution in [0.25, 0.3) is 0 Å². The molecule has 0 rings (SSSR count). The van der Waals surface area contributed by atoms with Crippen molar-refractivity contribution in [2.75, 3.05) is 0 Å². The van der Waals surface area contributed by atoms with Gasteiger partial charge in [-0.15, -0.1) is 0 Å². The Hall–Kier alpha value is 1.17. The Morgan fingerprint density at radius 3 is 1.25 bits per heavy atom. The standard InChI is InChI=1S/Mn.2O.U. The van der Waals surface area contributed by atoms with Crippen molar-refractivity contribution >= 4 is 0 Å². The van der Waals surface area contributed by atoms with Crippen LogP contribution in [0.5, 0.6) is 0 Å². The SMILES string of the molecule is [O]=[Mn]=[O].[U]. The summed E-state index contributed by atoms with van der Waals surface area (Å²) in [6.07, 6.45) is 0. The van der Waals surface area contributed by atoms with E-state index in [4.69, 9.17) is 7.67 Å². The molecule has 0 atom stereocenters. The summed E-state index contributed by atoms with van der Waals surface area (Å²) < 4.78 is 16.8. The largest absolute Gasteiger partial charge is 0 e. The zero-order chi connectivity index (χ0) is 2.71. The van der Waals surface area contributed by atoms with Crippen LogP contribution in [0.15, 0.2) is 0 Å². The summed E-state index contributed by atoms with van der Waals surface area (Å²) in [5.74, 6) is 0. The molecule has 0 spiro atoms. The maximum absolute atomic E-state index is 8.41. The van der Waals surface area contributed by atoms with Crippen LogP contribution < -0.4 is 0 Å². The molecule has 0 aromatic heterocycles. The van der Waals surface area contributed by atoms with Crippen molar-refractivity contribution in [3.8, 4) is 0 Å². The minimum atomic E-state index is -1.44. The molecule has 0 heterocycles. The quantitative estimate of drug-likeness (QED) is 0.576. The summed E-state index contributed by atoms with van der Waals surface area (Å²) in [7, 11) is 0. The first-order chi connectivity index (χ1) is 1.41. The number of hydrogen-bond acceptors (Lipinski definition) is 2. The molecule has 0 aliphatic rings. The van der Waals surface area contributed by atoms with Gasteiger partial charge in [0, 0.05) is 31.1 Å². The monoisotopic (exact) mass is 325 g/mol. The molecule has 23 valence electrons. The summed E-state index contributed by atoms with van der Waals surface area (Å²) in [5.41, 5.74) is 0. The third kappa shape index (κ3) is 10.9. The minimum Gasteiger partial charge on any atom is 0 e. The van der Waals surface area contributed by atoms with Gasteiger partial charge in [-0.3, -0.25) is 0 Å². The Morgan fingerprint density at radius 1 is 1.25 bits per heavy atom. The molecule has 2 nitrogen and oxygen atoms in total. The van der Waals surface area contributed by atoms with E-state index in [-0.39, 0.29) is 31.1 Å². The second-order valence-corrected chi connectivity index (χ2v) is 0.260. The van der Waals surface area contributed by atoms with Gasteiger partial charge in [0.25, 0.3) is 0 Å². The number of hydrogen-bond donors (Lipinski definition) is 0. The van der Waals surface area contributed by atoms with Gasteiger partial charge in [0.2, 0.25) is 0 Å². The molecule has 0 amide bonds. The van der Waals surface area contributed by atoms with Crippen molar-refractivity contribution in [3.63, 3.8) is 0 Å². The molecule has 0 unspecified atom stereocenters. The van der Waals surface area contributed by atoms with Crippen LogP contribution in [0.3, 0.4) is 0 Å². The molecule has 0 aliphatic carbocycles. The van der Waals surface area contributed by atoms with E-state index < -0.39 is 14.8 Å². The predicted molar refractivity (Wildman–Crippen MR) is 1.37 cm³/mol. The van der Waals surface area contributed by atoms with E-state index in [1.807, 2.05) is 0 Å². The topological polar surface area (TPSA) is 34.1 Å². The van der Waals surface area contributed by atoms with Crippen LogP contribution in [0.1, 0.15) is 0 Å². The maximum Gasteiger partial charge on any atom is 0 e. The zero-order valence-corrected chi connectivity index (χ0v) is 7.04. The van der Waals surface area contributed by atoms with Crippen LogP contribution in [-0.2, 0) is 22.5 Å². The van der Waals surface area contributed by atoms with E-state index >= 15 is 0 Å². The number of rotatable bonds is 0. The Morgan fingerprint density at radius 2 is 1.25 bits per heavy atom. The summed E-state index contributed by atoms with van der Waals surface area (Å²) in [4.78, 5) is 0. The Kier molecular flexibility index (Phi) is 19.9. The van der Waals surface area contributed by atoms with Gasteiger partial charge in [-0.25, -0.2) is 0 Å². The van der Waals surface area contributed by atoms with Crippen molar-refractivity contribution in [1.82, 2.24) is 0 Å². The minimum absolute atomic E-state index is 0. The fourth-order valence-electron chi connectivity index (χ4n) is 0. The molecule has 0 aromatic carbocycles. The van der Waals surface area contributed by atoms with E-state index in [0.29, 0.717) is 0 Å².